The smallest absolute Gasteiger partial charge is 0.238 e. The fraction of sp³-hybridized carbons (Fsp3) is 0.562. The van der Waals surface area contributed by atoms with Gasteiger partial charge in [-0.25, -0.2) is 0 Å². The molecule has 0 bridgehead atoms. The number of carbonyl (C=O) groups is 1. The lowest BCUT2D eigenvalue weighted by Crippen LogP contribution is -2.39. The monoisotopic (exact) mass is 401 g/mol. The number of rotatable bonds is 6. The molecule has 5 heteroatoms. The number of carbonyl (C=O) groups excluding carboxylic acids is 1. The first-order chi connectivity index (χ1) is 10.2. The van der Waals surface area contributed by atoms with E-state index in [1.165, 1.54) is 19.3 Å². The number of benzene rings is 1. The number of piperidine rings is 1. The van der Waals surface area contributed by atoms with E-state index < -0.39 is 0 Å². The van der Waals surface area contributed by atoms with Gasteiger partial charge in [0, 0.05) is 9.26 Å². The van der Waals surface area contributed by atoms with E-state index in [0.717, 1.165) is 34.8 Å². The quantitative estimate of drug-likeness (QED) is 0.721. The van der Waals surface area contributed by atoms with Gasteiger partial charge in [0.25, 0.3) is 0 Å². The first-order valence-corrected chi connectivity index (χ1v) is 8.67. The van der Waals surface area contributed by atoms with E-state index in [4.69, 9.17) is 0 Å². The average Bonchev–Trinajstić information content (AvgIpc) is 2.46. The van der Waals surface area contributed by atoms with Crippen LogP contribution in [-0.4, -0.2) is 44.0 Å². The molecular formula is C16H24IN3O. The maximum absolute atomic E-state index is 12.1. The molecule has 1 aromatic carbocycles. The van der Waals surface area contributed by atoms with Gasteiger partial charge in [0.15, 0.2) is 0 Å². The Morgan fingerprint density at radius 1 is 1.38 bits per heavy atom. The Labute approximate surface area is 140 Å². The average molecular weight is 401 g/mol. The van der Waals surface area contributed by atoms with Gasteiger partial charge in [-0.05, 0) is 92.7 Å². The molecule has 0 spiro atoms. The predicted octanol–water partition coefficient (Wildman–Crippen LogP) is 2.55. The highest BCUT2D eigenvalue weighted by molar-refractivity contribution is 14.1. The van der Waals surface area contributed by atoms with E-state index in [1.807, 2.05) is 31.3 Å². The summed E-state index contributed by atoms with van der Waals surface area (Å²) in [5.41, 5.74) is 0.885. The number of nitrogens with zero attached hydrogens (tertiary/aromatic N) is 1. The van der Waals surface area contributed by atoms with Gasteiger partial charge in [-0.1, -0.05) is 6.07 Å². The van der Waals surface area contributed by atoms with Crippen LogP contribution in [0.3, 0.4) is 0 Å². The standard InChI is InChI=1S/C16H24IN3O/c1-18-8-5-13-6-9-20(10-7-13)12-16(21)19-15-4-2-3-14(17)11-15/h2-4,11,13,18H,5-10,12H2,1H3,(H,19,21). The highest BCUT2D eigenvalue weighted by atomic mass is 127. The fourth-order valence-electron chi connectivity index (χ4n) is 2.75. The van der Waals surface area contributed by atoms with Gasteiger partial charge in [-0.3, -0.25) is 9.69 Å². The molecule has 1 aromatic rings. The number of hydrogen-bond donors (Lipinski definition) is 2. The van der Waals surface area contributed by atoms with Gasteiger partial charge in [-0.2, -0.15) is 0 Å². The summed E-state index contributed by atoms with van der Waals surface area (Å²) in [7, 11) is 2.00. The molecule has 4 nitrogen and oxygen atoms in total. The Bertz CT molecular complexity index is 459. The molecule has 1 aliphatic heterocycles. The molecule has 0 atom stereocenters. The third-order valence-corrected chi connectivity index (χ3v) is 4.66. The van der Waals surface area contributed by atoms with E-state index in [9.17, 15) is 4.79 Å². The first-order valence-electron chi connectivity index (χ1n) is 7.60. The van der Waals surface area contributed by atoms with E-state index in [0.29, 0.717) is 6.54 Å². The largest absolute Gasteiger partial charge is 0.325 e. The number of likely N-dealkylation sites (tertiary alicyclic amines) is 1. The summed E-state index contributed by atoms with van der Waals surface area (Å²) in [6.07, 6.45) is 3.66. The Hall–Kier alpha value is -0.660. The minimum absolute atomic E-state index is 0.0886. The third-order valence-electron chi connectivity index (χ3n) is 3.99. The van der Waals surface area contributed by atoms with Gasteiger partial charge in [0.1, 0.15) is 0 Å². The second kappa shape index (κ2) is 8.70. The van der Waals surface area contributed by atoms with Crippen LogP contribution < -0.4 is 10.6 Å². The van der Waals surface area contributed by atoms with Crippen LogP contribution in [0.25, 0.3) is 0 Å². The number of nitrogens with one attached hydrogen (secondary N) is 2. The van der Waals surface area contributed by atoms with Crippen LogP contribution in [0.15, 0.2) is 24.3 Å². The number of amides is 1. The molecule has 1 saturated heterocycles. The first kappa shape index (κ1) is 16.7. The summed E-state index contributed by atoms with van der Waals surface area (Å²) < 4.78 is 1.13. The lowest BCUT2D eigenvalue weighted by molar-refractivity contribution is -0.117. The molecule has 0 aliphatic carbocycles. The molecule has 0 aromatic heterocycles. The molecule has 2 N–H and O–H groups in total. The minimum atomic E-state index is 0.0886. The summed E-state index contributed by atoms with van der Waals surface area (Å²) in [6.45, 7) is 3.67. The molecule has 116 valence electrons. The minimum Gasteiger partial charge on any atom is -0.325 e. The van der Waals surface area contributed by atoms with E-state index in [2.05, 4.69) is 38.1 Å². The van der Waals surface area contributed by atoms with Crippen molar-refractivity contribution in [2.24, 2.45) is 5.92 Å². The van der Waals surface area contributed by atoms with Gasteiger partial charge < -0.3 is 10.6 Å². The number of halogens is 1. The summed E-state index contributed by atoms with van der Waals surface area (Å²) in [5, 5.41) is 6.19. The van der Waals surface area contributed by atoms with E-state index in [-0.39, 0.29) is 5.91 Å². The highest BCUT2D eigenvalue weighted by Crippen LogP contribution is 2.20. The fourth-order valence-corrected chi connectivity index (χ4v) is 3.29. The van der Waals surface area contributed by atoms with Gasteiger partial charge in [0.2, 0.25) is 5.91 Å². The molecule has 1 aliphatic rings. The van der Waals surface area contributed by atoms with Crippen molar-refractivity contribution in [1.82, 2.24) is 10.2 Å². The molecule has 0 radical (unpaired) electrons. The second-order valence-corrected chi connectivity index (χ2v) is 6.92. The summed E-state index contributed by atoms with van der Waals surface area (Å²) in [4.78, 5) is 14.3. The molecule has 0 saturated carbocycles. The summed E-state index contributed by atoms with van der Waals surface area (Å²) in [5.74, 6) is 0.901. The Kier molecular flexibility index (Phi) is 6.92. The zero-order valence-electron chi connectivity index (χ0n) is 12.6. The van der Waals surface area contributed by atoms with Crippen molar-refractivity contribution in [3.63, 3.8) is 0 Å². The number of hydrogen-bond acceptors (Lipinski definition) is 3. The zero-order chi connectivity index (χ0) is 15.1. The zero-order valence-corrected chi connectivity index (χ0v) is 14.7. The van der Waals surface area contributed by atoms with Crippen LogP contribution in [0.4, 0.5) is 5.69 Å². The van der Waals surface area contributed by atoms with E-state index >= 15 is 0 Å². The van der Waals surface area contributed by atoms with Crippen molar-refractivity contribution >= 4 is 34.2 Å². The highest BCUT2D eigenvalue weighted by Gasteiger charge is 2.20. The molecule has 21 heavy (non-hydrogen) atoms. The molecule has 0 unspecified atom stereocenters. The second-order valence-electron chi connectivity index (χ2n) is 5.67. The van der Waals surface area contributed by atoms with Crippen LogP contribution >= 0.6 is 22.6 Å². The maximum atomic E-state index is 12.1. The summed E-state index contributed by atoms with van der Waals surface area (Å²) in [6, 6.07) is 7.91. The number of anilines is 1. The molecule has 1 fully saturated rings. The van der Waals surface area contributed by atoms with E-state index in [1.54, 1.807) is 0 Å². The molecular weight excluding hydrogens is 377 g/mol. The van der Waals surface area contributed by atoms with Crippen molar-refractivity contribution in [3.8, 4) is 0 Å². The topological polar surface area (TPSA) is 44.4 Å². The Balaban J connectivity index is 1.72. The lowest BCUT2D eigenvalue weighted by Gasteiger charge is -2.31. The Morgan fingerprint density at radius 3 is 2.81 bits per heavy atom. The van der Waals surface area contributed by atoms with Crippen LogP contribution in [0.5, 0.6) is 0 Å². The van der Waals surface area contributed by atoms with Crippen molar-refractivity contribution in [2.45, 2.75) is 19.3 Å². The SMILES string of the molecule is CNCCC1CCN(CC(=O)Nc2cccc(I)c2)CC1. The van der Waals surface area contributed by atoms with Crippen LogP contribution in [0.1, 0.15) is 19.3 Å². The van der Waals surface area contributed by atoms with Crippen molar-refractivity contribution in [1.29, 1.82) is 0 Å². The van der Waals surface area contributed by atoms with Crippen LogP contribution in [0.2, 0.25) is 0 Å². The van der Waals surface area contributed by atoms with Gasteiger partial charge in [0.05, 0.1) is 6.54 Å². The van der Waals surface area contributed by atoms with Crippen molar-refractivity contribution in [2.75, 3.05) is 38.5 Å². The summed E-state index contributed by atoms with van der Waals surface area (Å²) >= 11 is 2.25. The lowest BCUT2D eigenvalue weighted by atomic mass is 9.93. The van der Waals surface area contributed by atoms with Crippen molar-refractivity contribution < 1.29 is 4.79 Å². The molecule has 1 amide bonds. The van der Waals surface area contributed by atoms with Crippen molar-refractivity contribution in [3.05, 3.63) is 27.8 Å². The predicted molar refractivity (Wildman–Crippen MR) is 95.5 cm³/mol. The Morgan fingerprint density at radius 2 is 2.14 bits per heavy atom. The molecule has 1 heterocycles. The van der Waals surface area contributed by atoms with Crippen LogP contribution in [0, 0.1) is 9.49 Å². The molecule has 2 rings (SSSR count). The normalized spacial score (nSPS) is 16.9. The third kappa shape index (κ3) is 5.92. The van der Waals surface area contributed by atoms with Gasteiger partial charge in [-0.15, -0.1) is 0 Å². The van der Waals surface area contributed by atoms with Gasteiger partial charge >= 0.3 is 0 Å². The maximum Gasteiger partial charge on any atom is 0.238 e. The van der Waals surface area contributed by atoms with Crippen LogP contribution in [-0.2, 0) is 4.79 Å².